The number of ether oxygens (including phenoxy) is 1. The van der Waals surface area contributed by atoms with E-state index < -0.39 is 11.6 Å². The summed E-state index contributed by atoms with van der Waals surface area (Å²) < 4.78 is 30.6. The highest BCUT2D eigenvalue weighted by Gasteiger charge is 2.08. The van der Waals surface area contributed by atoms with Crippen molar-refractivity contribution in [1.29, 1.82) is 0 Å². The molecule has 1 N–H and O–H groups in total. The molecule has 1 rings (SSSR count). The molecule has 0 aliphatic carbocycles. The summed E-state index contributed by atoms with van der Waals surface area (Å²) in [6.07, 6.45) is 0.107. The first-order valence-corrected chi connectivity index (χ1v) is 5.47. The van der Waals surface area contributed by atoms with E-state index in [1.807, 2.05) is 0 Å². The fourth-order valence-corrected chi connectivity index (χ4v) is 1.29. The smallest absolute Gasteiger partial charge is 0.225 e. The Kier molecular flexibility index (Phi) is 5.51. The first kappa shape index (κ1) is 14.4. The number of benzene rings is 1. The van der Waals surface area contributed by atoms with E-state index in [1.165, 1.54) is 11.0 Å². The molecule has 0 aromatic heterocycles. The summed E-state index contributed by atoms with van der Waals surface area (Å²) >= 11 is 0. The Bertz CT molecular complexity index is 412. The van der Waals surface area contributed by atoms with Gasteiger partial charge in [-0.25, -0.2) is 8.78 Å². The lowest BCUT2D eigenvalue weighted by atomic mass is 10.3. The van der Waals surface area contributed by atoms with Gasteiger partial charge >= 0.3 is 0 Å². The van der Waals surface area contributed by atoms with Crippen LogP contribution >= 0.6 is 0 Å². The van der Waals surface area contributed by atoms with Crippen LogP contribution in [0.15, 0.2) is 18.2 Å². The van der Waals surface area contributed by atoms with Crippen LogP contribution in [0.3, 0.4) is 0 Å². The van der Waals surface area contributed by atoms with Gasteiger partial charge in [-0.1, -0.05) is 0 Å². The van der Waals surface area contributed by atoms with Crippen molar-refractivity contribution in [2.75, 3.05) is 26.8 Å². The molecule has 1 aromatic rings. The van der Waals surface area contributed by atoms with Crippen LogP contribution in [0.2, 0.25) is 0 Å². The highest BCUT2D eigenvalue weighted by Crippen LogP contribution is 2.15. The van der Waals surface area contributed by atoms with Gasteiger partial charge in [0.15, 0.2) is 11.6 Å². The molecule has 4 nitrogen and oxygen atoms in total. The molecule has 18 heavy (non-hydrogen) atoms. The normalized spacial score (nSPS) is 10.2. The van der Waals surface area contributed by atoms with E-state index in [-0.39, 0.29) is 37.8 Å². The summed E-state index contributed by atoms with van der Waals surface area (Å²) in [5, 5.41) is 8.64. The van der Waals surface area contributed by atoms with Crippen LogP contribution in [0.25, 0.3) is 0 Å². The van der Waals surface area contributed by atoms with Gasteiger partial charge in [-0.2, -0.15) is 0 Å². The first-order valence-electron chi connectivity index (χ1n) is 5.47. The third-order valence-corrected chi connectivity index (χ3v) is 2.34. The van der Waals surface area contributed by atoms with Crippen molar-refractivity contribution in [1.82, 2.24) is 4.90 Å². The Hall–Kier alpha value is -1.69. The van der Waals surface area contributed by atoms with Crippen molar-refractivity contribution in [3.8, 4) is 5.75 Å². The number of aliphatic hydroxyl groups excluding tert-OH is 1. The average Bonchev–Trinajstić information content (AvgIpc) is 2.34. The van der Waals surface area contributed by atoms with Crippen LogP contribution in [0.1, 0.15) is 6.42 Å². The predicted molar refractivity (Wildman–Crippen MR) is 61.2 cm³/mol. The molecule has 1 aromatic carbocycles. The number of likely N-dealkylation sites (N-methyl/N-ethyl adjacent to an activating group) is 1. The second-order valence-corrected chi connectivity index (χ2v) is 3.71. The standard InChI is InChI=1S/C12H15F2NO3/c1-15(5-6-16)12(17)4-7-18-9-2-3-10(13)11(14)8-9/h2-3,8,16H,4-7H2,1H3. The summed E-state index contributed by atoms with van der Waals surface area (Å²) in [5.74, 6) is -1.95. The van der Waals surface area contributed by atoms with Gasteiger partial charge in [-0.15, -0.1) is 0 Å². The lowest BCUT2D eigenvalue weighted by Crippen LogP contribution is -2.30. The zero-order valence-corrected chi connectivity index (χ0v) is 10.0. The minimum Gasteiger partial charge on any atom is -0.493 e. The summed E-state index contributed by atoms with van der Waals surface area (Å²) in [5.41, 5.74) is 0. The molecule has 0 heterocycles. The quantitative estimate of drug-likeness (QED) is 0.834. The number of hydrogen-bond donors (Lipinski definition) is 1. The monoisotopic (exact) mass is 259 g/mol. The fraction of sp³-hybridized carbons (Fsp3) is 0.417. The molecule has 0 bridgehead atoms. The highest BCUT2D eigenvalue weighted by molar-refractivity contribution is 5.75. The van der Waals surface area contributed by atoms with Crippen molar-refractivity contribution in [3.63, 3.8) is 0 Å². The molecule has 0 spiro atoms. The predicted octanol–water partition coefficient (Wildman–Crippen LogP) is 1.18. The van der Waals surface area contributed by atoms with Gasteiger partial charge in [0.2, 0.25) is 5.91 Å². The maximum absolute atomic E-state index is 12.8. The number of carbonyl (C=O) groups is 1. The lowest BCUT2D eigenvalue weighted by molar-refractivity contribution is -0.130. The van der Waals surface area contributed by atoms with Gasteiger partial charge in [0.05, 0.1) is 19.6 Å². The molecule has 6 heteroatoms. The summed E-state index contributed by atoms with van der Waals surface area (Å²) in [6, 6.07) is 3.18. The Morgan fingerprint density at radius 1 is 1.39 bits per heavy atom. The molecule has 0 saturated heterocycles. The van der Waals surface area contributed by atoms with E-state index in [4.69, 9.17) is 9.84 Å². The summed E-state index contributed by atoms with van der Waals surface area (Å²) in [6.45, 7) is 0.218. The number of halogens is 2. The number of rotatable bonds is 6. The van der Waals surface area contributed by atoms with E-state index in [2.05, 4.69) is 0 Å². The lowest BCUT2D eigenvalue weighted by Gasteiger charge is -2.15. The zero-order chi connectivity index (χ0) is 13.5. The van der Waals surface area contributed by atoms with Gasteiger partial charge in [-0.3, -0.25) is 4.79 Å². The molecule has 0 atom stereocenters. The van der Waals surface area contributed by atoms with Crippen LogP contribution in [0.4, 0.5) is 8.78 Å². The third-order valence-electron chi connectivity index (χ3n) is 2.34. The van der Waals surface area contributed by atoms with Gasteiger partial charge in [0.25, 0.3) is 0 Å². The van der Waals surface area contributed by atoms with Crippen molar-refractivity contribution < 1.29 is 23.4 Å². The zero-order valence-electron chi connectivity index (χ0n) is 10.0. The summed E-state index contributed by atoms with van der Waals surface area (Å²) in [7, 11) is 1.57. The SMILES string of the molecule is CN(CCO)C(=O)CCOc1ccc(F)c(F)c1. The molecule has 0 radical (unpaired) electrons. The van der Waals surface area contributed by atoms with E-state index >= 15 is 0 Å². The molecule has 0 unspecified atom stereocenters. The number of nitrogens with zero attached hydrogens (tertiary/aromatic N) is 1. The first-order chi connectivity index (χ1) is 8.54. The largest absolute Gasteiger partial charge is 0.493 e. The van der Waals surface area contributed by atoms with Crippen molar-refractivity contribution in [2.24, 2.45) is 0 Å². The molecule has 0 saturated carbocycles. The van der Waals surface area contributed by atoms with Crippen molar-refractivity contribution in [2.45, 2.75) is 6.42 Å². The van der Waals surface area contributed by atoms with Gasteiger partial charge < -0.3 is 14.7 Å². The van der Waals surface area contributed by atoms with Gasteiger partial charge in [0.1, 0.15) is 5.75 Å². The number of amides is 1. The van der Waals surface area contributed by atoms with E-state index in [1.54, 1.807) is 7.05 Å². The Balaban J connectivity index is 2.37. The van der Waals surface area contributed by atoms with E-state index in [0.29, 0.717) is 0 Å². The van der Waals surface area contributed by atoms with E-state index in [0.717, 1.165) is 12.1 Å². The van der Waals surface area contributed by atoms with Gasteiger partial charge in [-0.05, 0) is 12.1 Å². The molecule has 0 aliphatic rings. The van der Waals surface area contributed by atoms with Crippen LogP contribution in [0, 0.1) is 11.6 Å². The Morgan fingerprint density at radius 2 is 2.11 bits per heavy atom. The topological polar surface area (TPSA) is 49.8 Å². The number of hydrogen-bond acceptors (Lipinski definition) is 3. The average molecular weight is 259 g/mol. The number of aliphatic hydroxyl groups is 1. The minimum atomic E-state index is -0.990. The maximum Gasteiger partial charge on any atom is 0.225 e. The van der Waals surface area contributed by atoms with Crippen molar-refractivity contribution in [3.05, 3.63) is 29.8 Å². The molecule has 0 aliphatic heterocycles. The molecular weight excluding hydrogens is 244 g/mol. The third kappa shape index (κ3) is 4.29. The minimum absolute atomic E-state index is 0.0691. The highest BCUT2D eigenvalue weighted by atomic mass is 19.2. The van der Waals surface area contributed by atoms with Crippen LogP contribution < -0.4 is 4.74 Å². The van der Waals surface area contributed by atoms with Crippen molar-refractivity contribution >= 4 is 5.91 Å². The second-order valence-electron chi connectivity index (χ2n) is 3.71. The number of carbonyl (C=O) groups excluding carboxylic acids is 1. The fourth-order valence-electron chi connectivity index (χ4n) is 1.29. The van der Waals surface area contributed by atoms with Crippen LogP contribution in [0.5, 0.6) is 5.75 Å². The molecule has 0 fully saturated rings. The second kappa shape index (κ2) is 6.90. The van der Waals surface area contributed by atoms with E-state index in [9.17, 15) is 13.6 Å². The van der Waals surface area contributed by atoms with Gasteiger partial charge in [0, 0.05) is 19.7 Å². The molecule has 1 amide bonds. The molecular formula is C12H15F2NO3. The Morgan fingerprint density at radius 3 is 2.72 bits per heavy atom. The maximum atomic E-state index is 12.8. The van der Waals surface area contributed by atoms with Crippen LogP contribution in [-0.4, -0.2) is 42.7 Å². The molecule has 100 valence electrons. The summed E-state index contributed by atoms with van der Waals surface area (Å²) in [4.78, 5) is 12.8. The Labute approximate surface area is 104 Å². The van der Waals surface area contributed by atoms with Crippen LogP contribution in [-0.2, 0) is 4.79 Å².